The standard InChI is InChI=1S/C14H21NO5S/c1-6-4-7-2-3-9-14(7,19)10(13(18)20-9)11(6)21-5-8(15)12(16)17/h6-11,19H,2-5,15H2,1H3,(H,16,17)/t6-,7+,8?,9+,10?,11+,14+/m0/s1. The van der Waals surface area contributed by atoms with Gasteiger partial charge in [-0.15, -0.1) is 0 Å². The van der Waals surface area contributed by atoms with Gasteiger partial charge in [-0.25, -0.2) is 0 Å². The Kier molecular flexibility index (Phi) is 3.70. The molecule has 3 fully saturated rings. The molecule has 4 N–H and O–H groups in total. The van der Waals surface area contributed by atoms with Crippen molar-refractivity contribution in [2.24, 2.45) is 23.5 Å². The van der Waals surface area contributed by atoms with Crippen molar-refractivity contribution in [2.75, 3.05) is 5.75 Å². The predicted molar refractivity (Wildman–Crippen MR) is 76.7 cm³/mol. The fraction of sp³-hybridized carbons (Fsp3) is 0.857. The number of aliphatic carboxylic acids is 1. The number of aliphatic hydroxyl groups is 1. The Morgan fingerprint density at radius 1 is 1.57 bits per heavy atom. The molecule has 1 heterocycles. The van der Waals surface area contributed by atoms with Crippen LogP contribution in [0.3, 0.4) is 0 Å². The highest BCUT2D eigenvalue weighted by Gasteiger charge is 2.68. The summed E-state index contributed by atoms with van der Waals surface area (Å²) in [7, 11) is 0. The van der Waals surface area contributed by atoms with Crippen LogP contribution in [0.2, 0.25) is 0 Å². The lowest BCUT2D eigenvalue weighted by molar-refractivity contribution is -0.145. The first-order valence-corrected chi connectivity index (χ1v) is 8.43. The van der Waals surface area contributed by atoms with Crippen molar-refractivity contribution >= 4 is 23.7 Å². The lowest BCUT2D eigenvalue weighted by Crippen LogP contribution is -2.55. The molecule has 2 unspecified atom stereocenters. The number of hydrogen-bond donors (Lipinski definition) is 3. The van der Waals surface area contributed by atoms with Crippen LogP contribution in [0.15, 0.2) is 0 Å². The van der Waals surface area contributed by atoms with Gasteiger partial charge in [0.2, 0.25) is 0 Å². The summed E-state index contributed by atoms with van der Waals surface area (Å²) >= 11 is 1.39. The van der Waals surface area contributed by atoms with Gasteiger partial charge in [0, 0.05) is 11.0 Å². The van der Waals surface area contributed by atoms with Gasteiger partial charge in [0.1, 0.15) is 23.7 Å². The average Bonchev–Trinajstić information content (AvgIpc) is 2.85. The molecule has 2 saturated carbocycles. The van der Waals surface area contributed by atoms with Crippen LogP contribution in [0.5, 0.6) is 0 Å². The van der Waals surface area contributed by atoms with Gasteiger partial charge in [0.05, 0.1) is 0 Å². The van der Waals surface area contributed by atoms with Crippen molar-refractivity contribution < 1.29 is 24.5 Å². The van der Waals surface area contributed by atoms with Gasteiger partial charge in [0.15, 0.2) is 0 Å². The second-order valence-electron chi connectivity index (χ2n) is 6.52. The summed E-state index contributed by atoms with van der Waals surface area (Å²) in [6.45, 7) is 2.06. The molecule has 3 rings (SSSR count). The van der Waals surface area contributed by atoms with Gasteiger partial charge in [-0.2, -0.15) is 11.8 Å². The third kappa shape index (κ3) is 2.17. The molecule has 1 aliphatic heterocycles. The van der Waals surface area contributed by atoms with Gasteiger partial charge in [0.25, 0.3) is 0 Å². The summed E-state index contributed by atoms with van der Waals surface area (Å²) in [6.07, 6.45) is 2.08. The molecule has 118 valence electrons. The lowest BCUT2D eigenvalue weighted by Gasteiger charge is -2.44. The highest BCUT2D eigenvalue weighted by Crippen LogP contribution is 2.57. The van der Waals surface area contributed by atoms with Gasteiger partial charge in [-0.05, 0) is 31.1 Å². The van der Waals surface area contributed by atoms with Crippen molar-refractivity contribution in [3.05, 3.63) is 0 Å². The van der Waals surface area contributed by atoms with E-state index >= 15 is 0 Å². The minimum Gasteiger partial charge on any atom is -0.480 e. The van der Waals surface area contributed by atoms with Crippen molar-refractivity contribution in [1.29, 1.82) is 0 Å². The summed E-state index contributed by atoms with van der Waals surface area (Å²) in [5.74, 6) is -1.35. The number of ether oxygens (including phenoxy) is 1. The maximum atomic E-state index is 12.2. The average molecular weight is 315 g/mol. The van der Waals surface area contributed by atoms with Crippen molar-refractivity contribution in [1.82, 2.24) is 0 Å². The van der Waals surface area contributed by atoms with E-state index in [2.05, 4.69) is 6.92 Å². The first-order chi connectivity index (χ1) is 9.85. The molecule has 0 spiro atoms. The zero-order chi connectivity index (χ0) is 15.4. The fourth-order valence-corrected chi connectivity index (χ4v) is 5.78. The minimum atomic E-state index is -1.06. The zero-order valence-corrected chi connectivity index (χ0v) is 12.7. The Labute approximate surface area is 127 Å². The van der Waals surface area contributed by atoms with E-state index < -0.39 is 23.5 Å². The van der Waals surface area contributed by atoms with Gasteiger partial charge in [-0.1, -0.05) is 6.92 Å². The van der Waals surface area contributed by atoms with Gasteiger partial charge >= 0.3 is 11.9 Å². The topological polar surface area (TPSA) is 110 Å². The van der Waals surface area contributed by atoms with Gasteiger partial charge in [-0.3, -0.25) is 9.59 Å². The maximum absolute atomic E-state index is 12.2. The van der Waals surface area contributed by atoms with E-state index in [4.69, 9.17) is 15.6 Å². The monoisotopic (exact) mass is 315 g/mol. The number of nitrogens with two attached hydrogens (primary N) is 1. The number of carboxylic acids is 1. The van der Waals surface area contributed by atoms with E-state index in [1.54, 1.807) is 0 Å². The Balaban J connectivity index is 1.80. The molecule has 0 radical (unpaired) electrons. The quantitative estimate of drug-likeness (QED) is 0.637. The smallest absolute Gasteiger partial charge is 0.321 e. The molecular formula is C14H21NO5S. The third-order valence-electron chi connectivity index (χ3n) is 5.29. The number of rotatable bonds is 4. The molecule has 3 aliphatic rings. The van der Waals surface area contributed by atoms with E-state index in [9.17, 15) is 14.7 Å². The van der Waals surface area contributed by atoms with E-state index in [0.29, 0.717) is 0 Å². The second kappa shape index (κ2) is 5.14. The van der Waals surface area contributed by atoms with Crippen molar-refractivity contribution in [3.8, 4) is 0 Å². The third-order valence-corrected chi connectivity index (χ3v) is 6.96. The summed E-state index contributed by atoms with van der Waals surface area (Å²) < 4.78 is 5.39. The molecule has 7 atom stereocenters. The van der Waals surface area contributed by atoms with E-state index in [0.717, 1.165) is 19.3 Å². The van der Waals surface area contributed by atoms with Crippen LogP contribution in [-0.4, -0.2) is 50.9 Å². The molecule has 6 nitrogen and oxygen atoms in total. The normalized spacial score (nSPS) is 46.0. The van der Waals surface area contributed by atoms with Crippen LogP contribution in [0, 0.1) is 17.8 Å². The molecule has 0 aromatic rings. The lowest BCUT2D eigenvalue weighted by atomic mass is 9.66. The van der Waals surface area contributed by atoms with Crippen LogP contribution in [-0.2, 0) is 14.3 Å². The highest BCUT2D eigenvalue weighted by molar-refractivity contribution is 8.00. The summed E-state index contributed by atoms with van der Waals surface area (Å²) in [6, 6.07) is -0.952. The Bertz CT molecular complexity index is 472. The molecule has 0 amide bonds. The first kappa shape index (κ1) is 15.1. The predicted octanol–water partition coefficient (Wildman–Crippen LogP) is 0.223. The Hall–Kier alpha value is -0.790. The summed E-state index contributed by atoms with van der Waals surface area (Å²) in [4.78, 5) is 23.0. The van der Waals surface area contributed by atoms with E-state index in [1.807, 2.05) is 0 Å². The first-order valence-electron chi connectivity index (χ1n) is 7.38. The SMILES string of the molecule is C[C@H]1C[C@H]2CC[C@H]3OC(=O)C([C@@H]1SCC(N)C(=O)O)[C@@]23O. The molecule has 0 aromatic carbocycles. The molecular weight excluding hydrogens is 294 g/mol. The fourth-order valence-electron chi connectivity index (χ4n) is 4.25. The molecule has 2 aliphatic carbocycles. The summed E-state index contributed by atoms with van der Waals surface area (Å²) in [5, 5.41) is 19.8. The Morgan fingerprint density at radius 3 is 2.95 bits per heavy atom. The number of hydrogen-bond acceptors (Lipinski definition) is 6. The van der Waals surface area contributed by atoms with Crippen molar-refractivity contribution in [2.45, 2.75) is 49.2 Å². The summed E-state index contributed by atoms with van der Waals surface area (Å²) in [5.41, 5.74) is 4.49. The number of thioether (sulfide) groups is 1. The molecule has 0 bridgehead atoms. The number of carbonyl (C=O) groups is 2. The largest absolute Gasteiger partial charge is 0.480 e. The molecule has 1 saturated heterocycles. The maximum Gasteiger partial charge on any atom is 0.321 e. The van der Waals surface area contributed by atoms with E-state index in [-0.39, 0.29) is 34.9 Å². The molecule has 21 heavy (non-hydrogen) atoms. The van der Waals surface area contributed by atoms with Crippen LogP contribution < -0.4 is 5.73 Å². The minimum absolute atomic E-state index is 0.110. The van der Waals surface area contributed by atoms with Crippen LogP contribution in [0.25, 0.3) is 0 Å². The van der Waals surface area contributed by atoms with Gasteiger partial charge < -0.3 is 20.7 Å². The number of esters is 1. The van der Waals surface area contributed by atoms with Crippen molar-refractivity contribution in [3.63, 3.8) is 0 Å². The van der Waals surface area contributed by atoms with Crippen LogP contribution in [0.4, 0.5) is 0 Å². The number of carboxylic acid groups (broad SMARTS) is 1. The van der Waals surface area contributed by atoms with E-state index in [1.165, 1.54) is 11.8 Å². The highest BCUT2D eigenvalue weighted by atomic mass is 32.2. The second-order valence-corrected chi connectivity index (χ2v) is 7.73. The van der Waals surface area contributed by atoms with Crippen LogP contribution in [0.1, 0.15) is 26.2 Å². The Morgan fingerprint density at radius 2 is 2.29 bits per heavy atom. The number of carbonyl (C=O) groups excluding carboxylic acids is 1. The molecule has 7 heteroatoms. The molecule has 0 aromatic heterocycles. The zero-order valence-electron chi connectivity index (χ0n) is 11.9. The van der Waals surface area contributed by atoms with Crippen LogP contribution >= 0.6 is 11.8 Å².